The van der Waals surface area contributed by atoms with Gasteiger partial charge in [0.2, 0.25) is 5.95 Å². The highest BCUT2D eigenvalue weighted by molar-refractivity contribution is 5.87. The molecule has 0 aliphatic carbocycles. The lowest BCUT2D eigenvalue weighted by Crippen LogP contribution is -2.41. The molecule has 0 amide bonds. The van der Waals surface area contributed by atoms with Gasteiger partial charge >= 0.3 is 5.97 Å². The van der Waals surface area contributed by atoms with Gasteiger partial charge in [-0.05, 0) is 75.2 Å². The number of nitrogens with zero attached hydrogens (tertiary/aromatic N) is 5. The van der Waals surface area contributed by atoms with Gasteiger partial charge in [0.15, 0.2) is 5.69 Å². The van der Waals surface area contributed by atoms with Crippen molar-refractivity contribution in [3.05, 3.63) is 47.5 Å². The van der Waals surface area contributed by atoms with Gasteiger partial charge in [-0.3, -0.25) is 9.88 Å². The van der Waals surface area contributed by atoms with Crippen LogP contribution in [0.3, 0.4) is 0 Å². The molecule has 2 saturated heterocycles. The van der Waals surface area contributed by atoms with Crippen LogP contribution in [0.5, 0.6) is 0 Å². The van der Waals surface area contributed by atoms with Gasteiger partial charge in [0.1, 0.15) is 0 Å². The molecule has 7 nitrogen and oxygen atoms in total. The summed E-state index contributed by atoms with van der Waals surface area (Å²) in [5.74, 6) is 1.82. The van der Waals surface area contributed by atoms with E-state index in [-0.39, 0.29) is 0 Å². The summed E-state index contributed by atoms with van der Waals surface area (Å²) in [5, 5.41) is 0. The molecular formula is C23H31N5O2. The van der Waals surface area contributed by atoms with Crippen LogP contribution in [0, 0.1) is 18.8 Å². The van der Waals surface area contributed by atoms with Gasteiger partial charge < -0.3 is 9.64 Å². The average Bonchev–Trinajstić information content (AvgIpc) is 2.79. The Kier molecular flexibility index (Phi) is 6.57. The predicted molar refractivity (Wildman–Crippen MR) is 115 cm³/mol. The Bertz CT molecular complexity index is 844. The molecule has 0 aromatic carbocycles. The Labute approximate surface area is 178 Å². The molecule has 0 saturated carbocycles. The van der Waals surface area contributed by atoms with Gasteiger partial charge in [-0.1, -0.05) is 6.07 Å². The maximum Gasteiger partial charge on any atom is 0.356 e. The Hall–Kier alpha value is -2.54. The third-order valence-corrected chi connectivity index (χ3v) is 6.49. The van der Waals surface area contributed by atoms with E-state index in [9.17, 15) is 4.79 Å². The number of ether oxygens (including phenoxy) is 1. The zero-order valence-electron chi connectivity index (χ0n) is 18.0. The molecule has 0 atom stereocenters. The number of anilines is 1. The largest absolute Gasteiger partial charge is 0.464 e. The molecule has 4 rings (SSSR count). The van der Waals surface area contributed by atoms with Crippen LogP contribution in [0.1, 0.15) is 47.4 Å². The molecule has 30 heavy (non-hydrogen) atoms. The number of hydrogen-bond acceptors (Lipinski definition) is 7. The lowest BCUT2D eigenvalue weighted by molar-refractivity contribution is 0.0593. The second-order valence-electron chi connectivity index (χ2n) is 8.49. The molecule has 2 aromatic rings. The second-order valence-corrected chi connectivity index (χ2v) is 8.49. The highest BCUT2D eigenvalue weighted by atomic mass is 16.5. The van der Waals surface area contributed by atoms with E-state index >= 15 is 0 Å². The van der Waals surface area contributed by atoms with Gasteiger partial charge in [0.25, 0.3) is 0 Å². The number of aromatic nitrogens is 3. The number of esters is 1. The number of carbonyl (C=O) groups is 1. The summed E-state index contributed by atoms with van der Waals surface area (Å²) in [6.45, 7) is 7.14. The summed E-state index contributed by atoms with van der Waals surface area (Å²) in [6, 6.07) is 5.86. The molecule has 7 heteroatoms. The van der Waals surface area contributed by atoms with Crippen molar-refractivity contribution in [3.8, 4) is 0 Å². The van der Waals surface area contributed by atoms with Crippen LogP contribution in [-0.2, 0) is 11.3 Å². The van der Waals surface area contributed by atoms with Crippen molar-refractivity contribution in [2.75, 3.05) is 38.2 Å². The maximum atomic E-state index is 11.9. The topological polar surface area (TPSA) is 71.5 Å². The van der Waals surface area contributed by atoms with Crippen LogP contribution in [0.25, 0.3) is 0 Å². The highest BCUT2D eigenvalue weighted by Crippen LogP contribution is 2.33. The molecule has 2 fully saturated rings. The van der Waals surface area contributed by atoms with Crippen molar-refractivity contribution in [2.24, 2.45) is 11.8 Å². The van der Waals surface area contributed by atoms with Crippen LogP contribution >= 0.6 is 0 Å². The number of hydrogen-bond donors (Lipinski definition) is 0. The standard InChI is InChI=1S/C23H31N5O2/c1-17-14-21(22(29)30-2)26-23(25-17)28-12-7-20(8-13-28)19-5-10-27(11-6-19)16-18-4-3-9-24-15-18/h3-4,9,14-15,19-20H,5-8,10-13,16H2,1-2H3. The zero-order chi connectivity index (χ0) is 20.9. The number of carbonyl (C=O) groups excluding carboxylic acids is 1. The molecule has 0 spiro atoms. The first kappa shape index (κ1) is 20.7. The first-order valence-corrected chi connectivity index (χ1v) is 10.9. The van der Waals surface area contributed by atoms with Crippen molar-refractivity contribution in [1.29, 1.82) is 0 Å². The molecule has 2 aliphatic heterocycles. The fourth-order valence-corrected chi connectivity index (χ4v) is 4.81. The first-order chi connectivity index (χ1) is 14.6. The highest BCUT2D eigenvalue weighted by Gasteiger charge is 2.30. The van der Waals surface area contributed by atoms with Crippen molar-refractivity contribution >= 4 is 11.9 Å². The summed E-state index contributed by atoms with van der Waals surface area (Å²) >= 11 is 0. The SMILES string of the molecule is COC(=O)c1cc(C)nc(N2CCC(C3CCN(Cc4cccnc4)CC3)CC2)n1. The van der Waals surface area contributed by atoms with Crippen molar-refractivity contribution < 1.29 is 9.53 Å². The van der Waals surface area contributed by atoms with E-state index in [4.69, 9.17) is 4.74 Å². The lowest BCUT2D eigenvalue weighted by atomic mass is 9.79. The number of aryl methyl sites for hydroxylation is 1. The van der Waals surface area contributed by atoms with Crippen molar-refractivity contribution in [1.82, 2.24) is 19.9 Å². The smallest absolute Gasteiger partial charge is 0.356 e. The zero-order valence-corrected chi connectivity index (χ0v) is 18.0. The van der Waals surface area contributed by atoms with Crippen LogP contribution < -0.4 is 4.90 Å². The molecule has 4 heterocycles. The maximum absolute atomic E-state index is 11.9. The number of piperidine rings is 2. The van der Waals surface area contributed by atoms with Gasteiger partial charge in [-0.15, -0.1) is 0 Å². The van der Waals surface area contributed by atoms with E-state index < -0.39 is 5.97 Å². The third-order valence-electron chi connectivity index (χ3n) is 6.49. The van der Waals surface area contributed by atoms with Crippen LogP contribution in [0.4, 0.5) is 5.95 Å². The van der Waals surface area contributed by atoms with Gasteiger partial charge in [0, 0.05) is 37.7 Å². The number of pyridine rings is 1. The molecule has 2 aromatic heterocycles. The average molecular weight is 410 g/mol. The molecule has 0 N–H and O–H groups in total. The van der Waals surface area contributed by atoms with Crippen molar-refractivity contribution in [2.45, 2.75) is 39.2 Å². The quantitative estimate of drug-likeness (QED) is 0.703. The Morgan fingerprint density at radius 2 is 1.80 bits per heavy atom. The van der Waals surface area contributed by atoms with Crippen LogP contribution in [0.2, 0.25) is 0 Å². The number of rotatable bonds is 5. The normalized spacial score (nSPS) is 19.1. The van der Waals surface area contributed by atoms with Crippen LogP contribution in [0.15, 0.2) is 30.6 Å². The third kappa shape index (κ3) is 4.95. The molecular weight excluding hydrogens is 378 g/mol. The Balaban J connectivity index is 1.28. The van der Waals surface area contributed by atoms with Crippen LogP contribution in [-0.4, -0.2) is 59.1 Å². The van der Waals surface area contributed by atoms with E-state index in [0.717, 1.165) is 50.0 Å². The molecule has 0 radical (unpaired) electrons. The molecule has 160 valence electrons. The molecule has 2 aliphatic rings. The summed E-state index contributed by atoms with van der Waals surface area (Å²) in [5.41, 5.74) is 2.43. The summed E-state index contributed by atoms with van der Waals surface area (Å²) in [6.07, 6.45) is 8.69. The lowest BCUT2D eigenvalue weighted by Gasteiger charge is -2.40. The predicted octanol–water partition coefficient (Wildman–Crippen LogP) is 3.10. The fraction of sp³-hybridized carbons (Fsp3) is 0.565. The van der Waals surface area contributed by atoms with Gasteiger partial charge in [0.05, 0.1) is 7.11 Å². The fourth-order valence-electron chi connectivity index (χ4n) is 4.81. The van der Waals surface area contributed by atoms with E-state index in [0.29, 0.717) is 11.6 Å². The van der Waals surface area contributed by atoms with E-state index in [1.165, 1.54) is 38.6 Å². The first-order valence-electron chi connectivity index (χ1n) is 10.9. The number of methoxy groups -OCH3 is 1. The number of likely N-dealkylation sites (tertiary alicyclic amines) is 1. The Morgan fingerprint density at radius 3 is 2.43 bits per heavy atom. The summed E-state index contributed by atoms with van der Waals surface area (Å²) in [7, 11) is 1.38. The van der Waals surface area contributed by atoms with Crippen molar-refractivity contribution in [3.63, 3.8) is 0 Å². The van der Waals surface area contributed by atoms with E-state index in [2.05, 4.69) is 30.8 Å². The van der Waals surface area contributed by atoms with Gasteiger partial charge in [-0.25, -0.2) is 14.8 Å². The minimum absolute atomic E-state index is 0.336. The monoisotopic (exact) mass is 409 g/mol. The Morgan fingerprint density at radius 1 is 1.10 bits per heavy atom. The second kappa shape index (κ2) is 9.51. The van der Waals surface area contributed by atoms with E-state index in [1.807, 2.05) is 25.4 Å². The summed E-state index contributed by atoms with van der Waals surface area (Å²) < 4.78 is 4.82. The van der Waals surface area contributed by atoms with Gasteiger partial charge in [-0.2, -0.15) is 0 Å². The molecule has 0 unspecified atom stereocenters. The minimum atomic E-state index is -0.408. The minimum Gasteiger partial charge on any atom is -0.464 e. The van der Waals surface area contributed by atoms with E-state index in [1.54, 1.807) is 6.07 Å². The summed E-state index contributed by atoms with van der Waals surface area (Å²) in [4.78, 5) is 29.9. The molecule has 0 bridgehead atoms.